The van der Waals surface area contributed by atoms with Gasteiger partial charge in [0.1, 0.15) is 12.7 Å². The molecule has 0 saturated heterocycles. The SMILES string of the molecule is Cc1ncc([N+](=O)[O-])n1CC(=O)N(CC#N)c1ccccc1. The largest absolute Gasteiger partial charge is 0.358 e. The van der Waals surface area contributed by atoms with Gasteiger partial charge < -0.3 is 10.1 Å². The number of carbonyl (C=O) groups excluding carboxylic acids is 1. The summed E-state index contributed by atoms with van der Waals surface area (Å²) in [6.07, 6.45) is 1.11. The van der Waals surface area contributed by atoms with Crippen LogP contribution in [-0.4, -0.2) is 26.9 Å². The Morgan fingerprint density at radius 1 is 1.45 bits per heavy atom. The van der Waals surface area contributed by atoms with E-state index in [0.717, 1.165) is 6.20 Å². The van der Waals surface area contributed by atoms with Crippen LogP contribution < -0.4 is 4.90 Å². The lowest BCUT2D eigenvalue weighted by atomic mass is 10.3. The van der Waals surface area contributed by atoms with Gasteiger partial charge in [0, 0.05) is 12.6 Å². The second-order valence-electron chi connectivity index (χ2n) is 4.48. The van der Waals surface area contributed by atoms with Gasteiger partial charge in [0.25, 0.3) is 5.91 Å². The Hall–Kier alpha value is -3.21. The summed E-state index contributed by atoms with van der Waals surface area (Å²) in [6, 6.07) is 10.6. The highest BCUT2D eigenvalue weighted by atomic mass is 16.6. The van der Waals surface area contributed by atoms with E-state index in [-0.39, 0.29) is 18.9 Å². The maximum Gasteiger partial charge on any atom is 0.343 e. The zero-order valence-corrected chi connectivity index (χ0v) is 11.8. The standard InChI is InChI=1S/C14H13N5O3/c1-11-16-9-13(19(21)22)18(11)10-14(20)17(8-7-15)12-5-3-2-4-6-12/h2-6,9H,8,10H2,1H3. The number of carbonyl (C=O) groups is 1. The van der Waals surface area contributed by atoms with Crippen LogP contribution in [0.2, 0.25) is 0 Å². The predicted octanol–water partition coefficient (Wildman–Crippen LogP) is 1.66. The molecule has 1 aromatic heterocycles. The van der Waals surface area contributed by atoms with Gasteiger partial charge in [-0.2, -0.15) is 5.26 Å². The first-order valence-electron chi connectivity index (χ1n) is 6.43. The first-order chi connectivity index (χ1) is 10.5. The zero-order valence-electron chi connectivity index (χ0n) is 11.8. The molecule has 0 atom stereocenters. The molecule has 1 aromatic carbocycles. The number of nitro groups is 1. The van der Waals surface area contributed by atoms with Crippen LogP contribution in [0.5, 0.6) is 0 Å². The number of benzene rings is 1. The molecular formula is C14H13N5O3. The number of aromatic nitrogens is 2. The lowest BCUT2D eigenvalue weighted by molar-refractivity contribution is -0.392. The number of hydrogen-bond donors (Lipinski definition) is 0. The van der Waals surface area contributed by atoms with Crippen LogP contribution in [-0.2, 0) is 11.3 Å². The minimum Gasteiger partial charge on any atom is -0.358 e. The lowest BCUT2D eigenvalue weighted by Crippen LogP contribution is -2.34. The third-order valence-electron chi connectivity index (χ3n) is 3.11. The molecule has 0 unspecified atom stereocenters. The highest BCUT2D eigenvalue weighted by Crippen LogP contribution is 2.17. The molecule has 0 radical (unpaired) electrons. The number of anilines is 1. The number of rotatable bonds is 5. The number of para-hydroxylation sites is 1. The molecule has 2 rings (SSSR count). The summed E-state index contributed by atoms with van der Waals surface area (Å²) < 4.78 is 1.22. The highest BCUT2D eigenvalue weighted by molar-refractivity contribution is 5.93. The minimum absolute atomic E-state index is 0.135. The number of amides is 1. The molecule has 8 nitrogen and oxygen atoms in total. The fourth-order valence-corrected chi connectivity index (χ4v) is 2.02. The molecular weight excluding hydrogens is 286 g/mol. The monoisotopic (exact) mass is 299 g/mol. The van der Waals surface area contributed by atoms with Crippen molar-refractivity contribution in [3.63, 3.8) is 0 Å². The van der Waals surface area contributed by atoms with Gasteiger partial charge in [-0.25, -0.2) is 9.55 Å². The fourth-order valence-electron chi connectivity index (χ4n) is 2.02. The number of hydrogen-bond acceptors (Lipinski definition) is 5. The Bertz CT molecular complexity index is 733. The van der Waals surface area contributed by atoms with Crippen LogP contribution in [0.1, 0.15) is 5.82 Å². The fraction of sp³-hybridized carbons (Fsp3) is 0.214. The Morgan fingerprint density at radius 2 is 2.14 bits per heavy atom. The summed E-state index contributed by atoms with van der Waals surface area (Å²) in [5.41, 5.74) is 0.564. The summed E-state index contributed by atoms with van der Waals surface area (Å²) in [6.45, 7) is 1.19. The normalized spacial score (nSPS) is 10.0. The Labute approximate surface area is 126 Å². The van der Waals surface area contributed by atoms with Crippen LogP contribution in [0.25, 0.3) is 0 Å². The predicted molar refractivity (Wildman–Crippen MR) is 78.0 cm³/mol. The van der Waals surface area contributed by atoms with E-state index in [9.17, 15) is 14.9 Å². The second kappa shape index (κ2) is 6.49. The molecule has 0 N–H and O–H groups in total. The molecule has 0 spiro atoms. The smallest absolute Gasteiger partial charge is 0.343 e. The molecule has 8 heteroatoms. The Kier molecular flexibility index (Phi) is 4.48. The van der Waals surface area contributed by atoms with E-state index < -0.39 is 10.8 Å². The van der Waals surface area contributed by atoms with Crippen molar-refractivity contribution in [3.8, 4) is 6.07 Å². The number of imidazole rings is 1. The van der Waals surface area contributed by atoms with Crippen molar-refractivity contribution in [2.24, 2.45) is 0 Å². The summed E-state index contributed by atoms with van der Waals surface area (Å²) in [7, 11) is 0. The van der Waals surface area contributed by atoms with Crippen molar-refractivity contribution in [1.82, 2.24) is 9.55 Å². The van der Waals surface area contributed by atoms with E-state index in [1.54, 1.807) is 37.3 Å². The third-order valence-corrected chi connectivity index (χ3v) is 3.11. The van der Waals surface area contributed by atoms with Crippen molar-refractivity contribution in [2.75, 3.05) is 11.4 Å². The van der Waals surface area contributed by atoms with Gasteiger partial charge in [0.15, 0.2) is 12.4 Å². The van der Waals surface area contributed by atoms with Crippen LogP contribution in [0.3, 0.4) is 0 Å². The van der Waals surface area contributed by atoms with Crippen molar-refractivity contribution < 1.29 is 9.72 Å². The molecule has 1 amide bonds. The average Bonchev–Trinajstić information content (AvgIpc) is 2.87. The summed E-state index contributed by atoms with van der Waals surface area (Å²) in [5, 5.41) is 19.8. The maximum absolute atomic E-state index is 12.4. The van der Waals surface area contributed by atoms with E-state index in [4.69, 9.17) is 5.26 Å². The van der Waals surface area contributed by atoms with Crippen LogP contribution >= 0.6 is 0 Å². The number of nitriles is 1. The van der Waals surface area contributed by atoms with Crippen molar-refractivity contribution in [1.29, 1.82) is 5.26 Å². The summed E-state index contributed by atoms with van der Waals surface area (Å²) in [5.74, 6) is -0.308. The second-order valence-corrected chi connectivity index (χ2v) is 4.48. The van der Waals surface area contributed by atoms with Gasteiger partial charge in [-0.3, -0.25) is 9.69 Å². The average molecular weight is 299 g/mol. The summed E-state index contributed by atoms with van der Waals surface area (Å²) in [4.78, 5) is 27.9. The molecule has 0 aliphatic carbocycles. The quantitative estimate of drug-likeness (QED) is 0.474. The molecule has 112 valence electrons. The van der Waals surface area contributed by atoms with E-state index >= 15 is 0 Å². The van der Waals surface area contributed by atoms with Crippen molar-refractivity contribution >= 4 is 17.4 Å². The van der Waals surface area contributed by atoms with Gasteiger partial charge in [0.05, 0.1) is 6.07 Å². The van der Waals surface area contributed by atoms with E-state index in [0.29, 0.717) is 11.5 Å². The van der Waals surface area contributed by atoms with Crippen LogP contribution in [0, 0.1) is 28.4 Å². The maximum atomic E-state index is 12.4. The van der Waals surface area contributed by atoms with E-state index in [1.807, 2.05) is 6.07 Å². The molecule has 1 heterocycles. The first kappa shape index (κ1) is 15.2. The Balaban J connectivity index is 2.28. The zero-order chi connectivity index (χ0) is 16.1. The molecule has 0 fully saturated rings. The first-order valence-corrected chi connectivity index (χ1v) is 6.43. The molecule has 0 aliphatic rings. The van der Waals surface area contributed by atoms with Crippen LogP contribution in [0.4, 0.5) is 11.5 Å². The summed E-state index contributed by atoms with van der Waals surface area (Å²) >= 11 is 0. The molecule has 22 heavy (non-hydrogen) atoms. The van der Waals surface area contributed by atoms with Crippen molar-refractivity contribution in [3.05, 3.63) is 52.5 Å². The molecule has 0 saturated carbocycles. The number of aryl methyl sites for hydroxylation is 1. The molecule has 0 bridgehead atoms. The molecule has 0 aliphatic heterocycles. The highest BCUT2D eigenvalue weighted by Gasteiger charge is 2.24. The number of nitrogens with zero attached hydrogens (tertiary/aromatic N) is 5. The van der Waals surface area contributed by atoms with E-state index in [1.165, 1.54) is 9.47 Å². The topological polar surface area (TPSA) is 105 Å². The lowest BCUT2D eigenvalue weighted by Gasteiger charge is -2.19. The van der Waals surface area contributed by atoms with Gasteiger partial charge >= 0.3 is 5.82 Å². The van der Waals surface area contributed by atoms with Gasteiger partial charge in [-0.15, -0.1) is 0 Å². The van der Waals surface area contributed by atoms with Gasteiger partial charge in [0.2, 0.25) is 0 Å². The van der Waals surface area contributed by atoms with Gasteiger partial charge in [-0.1, -0.05) is 18.2 Å². The Morgan fingerprint density at radius 3 is 2.73 bits per heavy atom. The third kappa shape index (κ3) is 3.09. The van der Waals surface area contributed by atoms with Crippen LogP contribution in [0.15, 0.2) is 36.5 Å². The molecule has 2 aromatic rings. The van der Waals surface area contributed by atoms with E-state index in [2.05, 4.69) is 4.98 Å². The van der Waals surface area contributed by atoms with Gasteiger partial charge in [-0.05, 0) is 17.1 Å². The van der Waals surface area contributed by atoms with Crippen molar-refractivity contribution in [2.45, 2.75) is 13.5 Å². The minimum atomic E-state index is -0.593.